The van der Waals surface area contributed by atoms with Gasteiger partial charge < -0.3 is 14.0 Å². The summed E-state index contributed by atoms with van der Waals surface area (Å²) in [6.07, 6.45) is 0. The van der Waals surface area contributed by atoms with Crippen LogP contribution in [0.4, 0.5) is 0 Å². The summed E-state index contributed by atoms with van der Waals surface area (Å²) in [6, 6.07) is 12.8. The first kappa shape index (κ1) is 22.4. The summed E-state index contributed by atoms with van der Waals surface area (Å²) in [7, 11) is -2.11. The molecule has 1 aromatic heterocycles. The average molecular weight is 445 g/mol. The van der Waals surface area contributed by atoms with E-state index in [4.69, 9.17) is 14.0 Å². The molecule has 0 radical (unpaired) electrons. The Morgan fingerprint density at radius 3 is 2.45 bits per heavy atom. The predicted molar refractivity (Wildman–Crippen MR) is 112 cm³/mol. The van der Waals surface area contributed by atoms with Crippen LogP contribution in [-0.2, 0) is 21.4 Å². The summed E-state index contributed by atoms with van der Waals surface area (Å²) in [5, 5.41) is 3.87. The topological polar surface area (TPSA) is 112 Å². The average Bonchev–Trinajstić information content (AvgIpc) is 3.27. The van der Waals surface area contributed by atoms with Crippen molar-refractivity contribution in [3.05, 3.63) is 60.0 Å². The summed E-state index contributed by atoms with van der Waals surface area (Å²) in [6.45, 7) is 3.94. The molecule has 1 heterocycles. The minimum atomic E-state index is -3.68. The molecule has 0 amide bonds. The number of benzene rings is 2. The van der Waals surface area contributed by atoms with Gasteiger partial charge in [0, 0.05) is 18.7 Å². The number of rotatable bonds is 9. The zero-order valence-corrected chi connectivity index (χ0v) is 18.3. The number of nitrogens with zero attached hydrogens (tertiary/aromatic N) is 3. The number of carbonyl (C=O) groups excluding carboxylic acids is 1. The summed E-state index contributed by atoms with van der Waals surface area (Å²) in [5.41, 5.74) is 0.833. The van der Waals surface area contributed by atoms with Crippen molar-refractivity contribution in [2.45, 2.75) is 25.3 Å². The largest absolute Gasteiger partial charge is 0.497 e. The van der Waals surface area contributed by atoms with Crippen LogP contribution in [0.15, 0.2) is 57.9 Å². The standard InChI is InChI=1S/C21H23N3O6S/c1-4-24(5-2)31(26,27)18-8-6-7-16(13-18)21(25)29-14-19-22-20(23-30-19)15-9-11-17(28-3)12-10-15/h6-13H,4-5,14H2,1-3H3. The number of hydrogen-bond donors (Lipinski definition) is 0. The fraction of sp³-hybridized carbons (Fsp3) is 0.286. The second-order valence-corrected chi connectivity index (χ2v) is 8.37. The molecule has 3 aromatic rings. The van der Waals surface area contributed by atoms with Gasteiger partial charge in [-0.1, -0.05) is 25.1 Å². The lowest BCUT2D eigenvalue weighted by Gasteiger charge is -2.18. The third-order valence-corrected chi connectivity index (χ3v) is 6.60. The molecule has 0 saturated carbocycles. The van der Waals surface area contributed by atoms with Crippen LogP contribution in [0.25, 0.3) is 11.4 Å². The van der Waals surface area contributed by atoms with Gasteiger partial charge in [-0.15, -0.1) is 0 Å². The molecule has 10 heteroatoms. The molecular weight excluding hydrogens is 422 g/mol. The fourth-order valence-corrected chi connectivity index (χ4v) is 4.38. The second kappa shape index (κ2) is 9.71. The first-order chi connectivity index (χ1) is 14.9. The van der Waals surface area contributed by atoms with Gasteiger partial charge in [0.2, 0.25) is 15.8 Å². The van der Waals surface area contributed by atoms with E-state index in [1.807, 2.05) is 0 Å². The Hall–Kier alpha value is -3.24. The van der Waals surface area contributed by atoms with Gasteiger partial charge in [-0.05, 0) is 42.5 Å². The van der Waals surface area contributed by atoms with Crippen molar-refractivity contribution in [3.63, 3.8) is 0 Å². The highest BCUT2D eigenvalue weighted by Crippen LogP contribution is 2.21. The highest BCUT2D eigenvalue weighted by Gasteiger charge is 2.23. The van der Waals surface area contributed by atoms with Crippen LogP contribution in [0.5, 0.6) is 5.75 Å². The van der Waals surface area contributed by atoms with Gasteiger partial charge in [-0.25, -0.2) is 13.2 Å². The van der Waals surface area contributed by atoms with E-state index in [9.17, 15) is 13.2 Å². The zero-order chi connectivity index (χ0) is 22.4. The van der Waals surface area contributed by atoms with Crippen molar-refractivity contribution in [1.82, 2.24) is 14.4 Å². The lowest BCUT2D eigenvalue weighted by atomic mass is 10.2. The molecule has 3 rings (SSSR count). The van der Waals surface area contributed by atoms with E-state index in [0.717, 1.165) is 5.56 Å². The molecule has 0 aliphatic heterocycles. The monoisotopic (exact) mass is 445 g/mol. The second-order valence-electron chi connectivity index (χ2n) is 6.43. The highest BCUT2D eigenvalue weighted by atomic mass is 32.2. The van der Waals surface area contributed by atoms with Crippen LogP contribution in [0.3, 0.4) is 0 Å². The molecule has 0 aliphatic rings. The van der Waals surface area contributed by atoms with Gasteiger partial charge >= 0.3 is 5.97 Å². The number of hydrogen-bond acceptors (Lipinski definition) is 8. The van der Waals surface area contributed by atoms with Crippen molar-refractivity contribution in [1.29, 1.82) is 0 Å². The SMILES string of the molecule is CCN(CC)S(=O)(=O)c1cccc(C(=O)OCc2nc(-c3ccc(OC)cc3)no2)c1. The Bertz CT molecular complexity index is 1140. The van der Waals surface area contributed by atoms with Crippen molar-refractivity contribution in [3.8, 4) is 17.1 Å². The summed E-state index contributed by atoms with van der Waals surface area (Å²) < 4.78 is 42.1. The molecule has 0 atom stereocenters. The van der Waals surface area contributed by atoms with Gasteiger partial charge in [0.25, 0.3) is 5.89 Å². The van der Waals surface area contributed by atoms with Gasteiger partial charge in [0.05, 0.1) is 17.6 Å². The van der Waals surface area contributed by atoms with Crippen LogP contribution >= 0.6 is 0 Å². The van der Waals surface area contributed by atoms with E-state index in [-0.39, 0.29) is 23.0 Å². The number of ether oxygens (including phenoxy) is 2. The van der Waals surface area contributed by atoms with Crippen molar-refractivity contribution in [2.75, 3.05) is 20.2 Å². The summed E-state index contributed by atoms with van der Waals surface area (Å²) in [5.74, 6) is 0.472. The van der Waals surface area contributed by atoms with E-state index in [1.54, 1.807) is 45.2 Å². The normalized spacial score (nSPS) is 11.5. The molecule has 0 spiro atoms. The van der Waals surface area contributed by atoms with E-state index in [1.165, 1.54) is 28.6 Å². The van der Waals surface area contributed by atoms with Crippen molar-refractivity contribution < 1.29 is 27.2 Å². The van der Waals surface area contributed by atoms with Crippen LogP contribution in [0.2, 0.25) is 0 Å². The number of aromatic nitrogens is 2. The Morgan fingerprint density at radius 2 is 1.81 bits per heavy atom. The quantitative estimate of drug-likeness (QED) is 0.462. The molecule has 0 saturated heterocycles. The molecule has 31 heavy (non-hydrogen) atoms. The molecule has 2 aromatic carbocycles. The van der Waals surface area contributed by atoms with Gasteiger partial charge in [0.15, 0.2) is 6.61 Å². The van der Waals surface area contributed by atoms with E-state index in [0.29, 0.717) is 24.7 Å². The Kier molecular flexibility index (Phi) is 7.03. The zero-order valence-electron chi connectivity index (χ0n) is 17.4. The van der Waals surface area contributed by atoms with Gasteiger partial charge in [-0.2, -0.15) is 9.29 Å². The lowest BCUT2D eigenvalue weighted by molar-refractivity contribution is 0.0429. The van der Waals surface area contributed by atoms with Crippen LogP contribution in [0.1, 0.15) is 30.1 Å². The smallest absolute Gasteiger partial charge is 0.338 e. The molecular formula is C21H23N3O6S. The van der Waals surface area contributed by atoms with Gasteiger partial charge in [0.1, 0.15) is 5.75 Å². The van der Waals surface area contributed by atoms with Crippen LogP contribution in [0, 0.1) is 0 Å². The number of sulfonamides is 1. The molecule has 0 N–H and O–H groups in total. The molecule has 0 unspecified atom stereocenters. The molecule has 164 valence electrons. The van der Waals surface area contributed by atoms with Crippen molar-refractivity contribution in [2.24, 2.45) is 0 Å². The first-order valence-corrected chi connectivity index (χ1v) is 11.1. The van der Waals surface area contributed by atoms with Crippen LogP contribution in [-0.4, -0.2) is 49.0 Å². The Labute approximate surface area is 180 Å². The van der Waals surface area contributed by atoms with E-state index < -0.39 is 16.0 Å². The minimum Gasteiger partial charge on any atom is -0.497 e. The predicted octanol–water partition coefficient (Wildman–Crippen LogP) is 3.13. The van der Waals surface area contributed by atoms with Crippen molar-refractivity contribution >= 4 is 16.0 Å². The number of methoxy groups -OCH3 is 1. The summed E-state index contributed by atoms with van der Waals surface area (Å²) >= 11 is 0. The van der Waals surface area contributed by atoms with Gasteiger partial charge in [-0.3, -0.25) is 0 Å². The van der Waals surface area contributed by atoms with E-state index >= 15 is 0 Å². The maximum Gasteiger partial charge on any atom is 0.338 e. The first-order valence-electron chi connectivity index (χ1n) is 9.63. The van der Waals surface area contributed by atoms with E-state index in [2.05, 4.69) is 10.1 Å². The lowest BCUT2D eigenvalue weighted by Crippen LogP contribution is -2.30. The molecule has 0 fully saturated rings. The summed E-state index contributed by atoms with van der Waals surface area (Å²) in [4.78, 5) is 16.7. The van der Waals surface area contributed by atoms with Crippen LogP contribution < -0.4 is 4.74 Å². The number of esters is 1. The highest BCUT2D eigenvalue weighted by molar-refractivity contribution is 7.89. The molecule has 0 bridgehead atoms. The maximum atomic E-state index is 12.7. The third-order valence-electron chi connectivity index (χ3n) is 4.56. The maximum absolute atomic E-state index is 12.7. The number of carbonyl (C=O) groups is 1. The minimum absolute atomic E-state index is 0.0326. The third kappa shape index (κ3) is 5.09. The Morgan fingerprint density at radius 1 is 1.10 bits per heavy atom. The Balaban J connectivity index is 1.68. The fourth-order valence-electron chi connectivity index (χ4n) is 2.88. The molecule has 0 aliphatic carbocycles. The molecule has 9 nitrogen and oxygen atoms in total.